The van der Waals surface area contributed by atoms with Gasteiger partial charge in [0, 0.05) is 6.61 Å². The number of amides is 1. The summed E-state index contributed by atoms with van der Waals surface area (Å²) in [6.07, 6.45) is 1.44. The van der Waals surface area contributed by atoms with E-state index in [1.807, 2.05) is 13.8 Å². The smallest absolute Gasteiger partial charge is 0.249 e. The summed E-state index contributed by atoms with van der Waals surface area (Å²) >= 11 is 0. The molecule has 1 amide bonds. The lowest BCUT2D eigenvalue weighted by Gasteiger charge is -2.21. The summed E-state index contributed by atoms with van der Waals surface area (Å²) in [6, 6.07) is -0.160. The van der Waals surface area contributed by atoms with Crippen LogP contribution in [-0.2, 0) is 9.53 Å². The van der Waals surface area contributed by atoms with Crippen molar-refractivity contribution in [1.82, 2.24) is 5.32 Å². The minimum absolute atomic E-state index is 0.0177. The first-order valence-corrected chi connectivity index (χ1v) is 5.18. The average Bonchev–Trinajstić information content (AvgIpc) is 2.65. The summed E-state index contributed by atoms with van der Waals surface area (Å²) < 4.78 is 5.25. The average molecular weight is 201 g/mol. The van der Waals surface area contributed by atoms with Crippen molar-refractivity contribution in [2.45, 2.75) is 38.8 Å². The lowest BCUT2D eigenvalue weighted by Crippen LogP contribution is -2.45. The number of ether oxygens (including phenoxy) is 1. The van der Waals surface area contributed by atoms with E-state index in [2.05, 4.69) is 5.32 Å². The first-order valence-electron chi connectivity index (χ1n) is 5.18. The molecule has 0 aliphatic carbocycles. The maximum absolute atomic E-state index is 11.6. The Morgan fingerprint density at radius 3 is 2.79 bits per heavy atom. The van der Waals surface area contributed by atoms with Gasteiger partial charge < -0.3 is 15.2 Å². The number of aliphatic hydroxyl groups is 1. The largest absolute Gasteiger partial charge is 0.394 e. The van der Waals surface area contributed by atoms with Gasteiger partial charge in [-0.2, -0.15) is 0 Å². The summed E-state index contributed by atoms with van der Waals surface area (Å²) in [5, 5.41) is 11.8. The van der Waals surface area contributed by atoms with Crippen LogP contribution in [-0.4, -0.2) is 36.4 Å². The number of rotatable bonds is 4. The fraction of sp³-hybridized carbons (Fsp3) is 0.900. The summed E-state index contributed by atoms with van der Waals surface area (Å²) in [5.74, 6) is 0.153. The molecule has 1 rings (SSSR count). The first-order chi connectivity index (χ1) is 6.65. The Balaban J connectivity index is 2.37. The van der Waals surface area contributed by atoms with Crippen LogP contribution in [0.15, 0.2) is 0 Å². The molecule has 0 unspecified atom stereocenters. The van der Waals surface area contributed by atoms with E-state index >= 15 is 0 Å². The molecule has 1 aliphatic rings. The van der Waals surface area contributed by atoms with Gasteiger partial charge in [0.2, 0.25) is 5.91 Å². The third kappa shape index (κ3) is 2.96. The van der Waals surface area contributed by atoms with Crippen LogP contribution < -0.4 is 5.32 Å². The van der Waals surface area contributed by atoms with Gasteiger partial charge in [0.1, 0.15) is 6.10 Å². The van der Waals surface area contributed by atoms with Crippen LogP contribution in [0.2, 0.25) is 0 Å². The van der Waals surface area contributed by atoms with Crippen LogP contribution in [0.4, 0.5) is 0 Å². The molecule has 0 bridgehead atoms. The van der Waals surface area contributed by atoms with Gasteiger partial charge in [0.05, 0.1) is 12.6 Å². The molecule has 1 fully saturated rings. The molecule has 4 heteroatoms. The van der Waals surface area contributed by atoms with E-state index < -0.39 is 0 Å². The predicted octanol–water partition coefficient (Wildman–Crippen LogP) is 0.298. The van der Waals surface area contributed by atoms with Crippen molar-refractivity contribution in [3.63, 3.8) is 0 Å². The second-order valence-corrected chi connectivity index (χ2v) is 4.04. The molecular weight excluding hydrogens is 182 g/mol. The molecule has 0 aromatic carbocycles. The van der Waals surface area contributed by atoms with Crippen LogP contribution in [0.3, 0.4) is 0 Å². The van der Waals surface area contributed by atoms with Gasteiger partial charge in [-0.1, -0.05) is 13.8 Å². The molecule has 1 saturated heterocycles. The van der Waals surface area contributed by atoms with E-state index in [9.17, 15) is 4.79 Å². The number of nitrogens with one attached hydrogen (secondary N) is 1. The molecule has 1 aliphatic heterocycles. The van der Waals surface area contributed by atoms with Crippen molar-refractivity contribution >= 4 is 5.91 Å². The highest BCUT2D eigenvalue weighted by Gasteiger charge is 2.26. The zero-order valence-electron chi connectivity index (χ0n) is 8.82. The SMILES string of the molecule is CC(C)[C@@H](CO)NC(=O)[C@H]1CCCO1. The molecule has 0 radical (unpaired) electrons. The Labute approximate surface area is 84.6 Å². The van der Waals surface area contributed by atoms with Crippen LogP contribution in [0.25, 0.3) is 0 Å². The van der Waals surface area contributed by atoms with E-state index in [0.29, 0.717) is 6.61 Å². The molecule has 1 heterocycles. The van der Waals surface area contributed by atoms with Gasteiger partial charge >= 0.3 is 0 Å². The summed E-state index contributed by atoms with van der Waals surface area (Å²) in [4.78, 5) is 11.6. The van der Waals surface area contributed by atoms with Crippen molar-refractivity contribution < 1.29 is 14.6 Å². The second kappa shape index (κ2) is 5.32. The Kier molecular flexibility index (Phi) is 4.35. The molecule has 4 nitrogen and oxygen atoms in total. The highest BCUT2D eigenvalue weighted by molar-refractivity contribution is 5.81. The van der Waals surface area contributed by atoms with E-state index in [1.54, 1.807) is 0 Å². The quantitative estimate of drug-likeness (QED) is 0.687. The predicted molar refractivity (Wildman–Crippen MR) is 52.8 cm³/mol. The zero-order chi connectivity index (χ0) is 10.6. The third-order valence-electron chi connectivity index (χ3n) is 2.55. The van der Waals surface area contributed by atoms with Crippen molar-refractivity contribution in [2.24, 2.45) is 5.92 Å². The monoisotopic (exact) mass is 201 g/mol. The Morgan fingerprint density at radius 1 is 1.64 bits per heavy atom. The number of hydrogen-bond donors (Lipinski definition) is 2. The molecule has 82 valence electrons. The molecule has 0 saturated carbocycles. The molecule has 0 aromatic heterocycles. The van der Waals surface area contributed by atoms with Gasteiger partial charge in [-0.05, 0) is 18.8 Å². The molecule has 2 N–H and O–H groups in total. The maximum atomic E-state index is 11.6. The highest BCUT2D eigenvalue weighted by atomic mass is 16.5. The van der Waals surface area contributed by atoms with Crippen LogP contribution in [0, 0.1) is 5.92 Å². The van der Waals surface area contributed by atoms with Crippen molar-refractivity contribution in [1.29, 1.82) is 0 Å². The third-order valence-corrected chi connectivity index (χ3v) is 2.55. The summed E-state index contributed by atoms with van der Waals surface area (Å²) in [7, 11) is 0. The topological polar surface area (TPSA) is 58.6 Å². The zero-order valence-corrected chi connectivity index (χ0v) is 8.82. The fourth-order valence-electron chi connectivity index (χ4n) is 1.48. The Bertz CT molecular complexity index is 188. The van der Waals surface area contributed by atoms with Gasteiger partial charge in [-0.25, -0.2) is 0 Å². The standard InChI is InChI=1S/C10H19NO3/c1-7(2)8(6-12)11-10(13)9-4-3-5-14-9/h7-9,12H,3-6H2,1-2H3,(H,11,13)/t8-,9-/m1/s1. The molecule has 0 spiro atoms. The minimum atomic E-state index is -0.303. The van der Waals surface area contributed by atoms with Crippen LogP contribution >= 0.6 is 0 Å². The van der Waals surface area contributed by atoms with E-state index in [1.165, 1.54) is 0 Å². The van der Waals surface area contributed by atoms with Gasteiger partial charge in [-0.3, -0.25) is 4.79 Å². The van der Waals surface area contributed by atoms with Crippen molar-refractivity contribution in [3.8, 4) is 0 Å². The van der Waals surface area contributed by atoms with Gasteiger partial charge in [-0.15, -0.1) is 0 Å². The van der Waals surface area contributed by atoms with Crippen molar-refractivity contribution in [2.75, 3.05) is 13.2 Å². The lowest BCUT2D eigenvalue weighted by molar-refractivity contribution is -0.131. The Hall–Kier alpha value is -0.610. The molecule has 14 heavy (non-hydrogen) atoms. The number of aliphatic hydroxyl groups excluding tert-OH is 1. The second-order valence-electron chi connectivity index (χ2n) is 4.04. The lowest BCUT2D eigenvalue weighted by atomic mass is 10.0. The molecule has 2 atom stereocenters. The van der Waals surface area contributed by atoms with E-state index in [4.69, 9.17) is 9.84 Å². The normalized spacial score (nSPS) is 23.9. The van der Waals surface area contributed by atoms with E-state index in [0.717, 1.165) is 12.8 Å². The first kappa shape index (κ1) is 11.5. The number of hydrogen-bond acceptors (Lipinski definition) is 3. The molecular formula is C10H19NO3. The number of carbonyl (C=O) groups excluding carboxylic acids is 1. The van der Waals surface area contributed by atoms with Gasteiger partial charge in [0.25, 0.3) is 0 Å². The molecule has 0 aromatic rings. The minimum Gasteiger partial charge on any atom is -0.394 e. The van der Waals surface area contributed by atoms with Crippen LogP contribution in [0.5, 0.6) is 0 Å². The summed E-state index contributed by atoms with van der Waals surface area (Å²) in [6.45, 7) is 4.59. The maximum Gasteiger partial charge on any atom is 0.249 e. The Morgan fingerprint density at radius 2 is 2.36 bits per heavy atom. The summed E-state index contributed by atoms with van der Waals surface area (Å²) in [5.41, 5.74) is 0. The fourth-order valence-corrected chi connectivity index (χ4v) is 1.48. The van der Waals surface area contributed by atoms with E-state index in [-0.39, 0.29) is 30.6 Å². The van der Waals surface area contributed by atoms with Crippen LogP contribution in [0.1, 0.15) is 26.7 Å². The highest BCUT2D eigenvalue weighted by Crippen LogP contribution is 2.12. The van der Waals surface area contributed by atoms with Gasteiger partial charge in [0.15, 0.2) is 0 Å². The number of carbonyl (C=O) groups is 1. The van der Waals surface area contributed by atoms with Crippen molar-refractivity contribution in [3.05, 3.63) is 0 Å².